The molecule has 3 aromatic rings. The van der Waals surface area contributed by atoms with Crippen molar-refractivity contribution in [3.8, 4) is 0 Å². The summed E-state index contributed by atoms with van der Waals surface area (Å²) in [5.74, 6) is 0. The summed E-state index contributed by atoms with van der Waals surface area (Å²) < 4.78 is 28.4. The molecule has 0 bridgehead atoms. The van der Waals surface area contributed by atoms with Crippen LogP contribution >= 0.6 is 31.9 Å². The Hall–Kier alpha value is -1.83. The number of sulfone groups is 1. The van der Waals surface area contributed by atoms with Crippen LogP contribution in [0.2, 0.25) is 0 Å². The molecule has 0 heterocycles. The van der Waals surface area contributed by atoms with E-state index in [1.165, 1.54) is 0 Å². The summed E-state index contributed by atoms with van der Waals surface area (Å²) in [5.41, 5.74) is 8.89. The van der Waals surface area contributed by atoms with Crippen molar-refractivity contribution in [3.63, 3.8) is 0 Å². The predicted octanol–water partition coefficient (Wildman–Crippen LogP) is 5.96. The average molecular weight is 538 g/mol. The van der Waals surface area contributed by atoms with E-state index in [-0.39, 0.29) is 4.90 Å². The SMILES string of the molecule is CCN(Cc1ccccc1)c1cccc(C)c1S(=O)(=O)c1cc(Br)c(N)cc1Br. The Balaban J connectivity index is 2.16. The Morgan fingerprint density at radius 2 is 1.66 bits per heavy atom. The minimum absolute atomic E-state index is 0.185. The summed E-state index contributed by atoms with van der Waals surface area (Å²) >= 11 is 6.73. The first-order valence-corrected chi connectivity index (χ1v) is 12.2. The van der Waals surface area contributed by atoms with E-state index < -0.39 is 9.84 Å². The normalized spacial score (nSPS) is 11.4. The number of halogens is 2. The van der Waals surface area contributed by atoms with E-state index in [0.29, 0.717) is 43.9 Å². The molecule has 3 aromatic carbocycles. The molecule has 2 N–H and O–H groups in total. The van der Waals surface area contributed by atoms with Gasteiger partial charge in [-0.25, -0.2) is 8.42 Å². The van der Waals surface area contributed by atoms with Crippen LogP contribution in [-0.2, 0) is 16.4 Å². The molecule has 0 atom stereocenters. The zero-order valence-electron chi connectivity index (χ0n) is 16.2. The molecule has 0 aliphatic heterocycles. The van der Waals surface area contributed by atoms with Gasteiger partial charge in [0.15, 0.2) is 0 Å². The van der Waals surface area contributed by atoms with Gasteiger partial charge in [-0.15, -0.1) is 0 Å². The van der Waals surface area contributed by atoms with Crippen LogP contribution < -0.4 is 10.6 Å². The minimum atomic E-state index is -3.79. The van der Waals surface area contributed by atoms with Crippen molar-refractivity contribution in [3.05, 3.63) is 80.7 Å². The first kappa shape index (κ1) is 21.9. The van der Waals surface area contributed by atoms with Crippen LogP contribution in [0.25, 0.3) is 0 Å². The maximum atomic E-state index is 13.7. The number of hydrogen-bond donors (Lipinski definition) is 1. The largest absolute Gasteiger partial charge is 0.398 e. The first-order valence-electron chi connectivity index (χ1n) is 9.13. The number of nitrogens with two attached hydrogens (primary N) is 1. The maximum Gasteiger partial charge on any atom is 0.210 e. The molecule has 0 aromatic heterocycles. The Bertz CT molecular complexity index is 1130. The zero-order chi connectivity index (χ0) is 21.2. The molecule has 0 spiro atoms. The smallest absolute Gasteiger partial charge is 0.210 e. The van der Waals surface area contributed by atoms with Gasteiger partial charge < -0.3 is 10.6 Å². The maximum absolute atomic E-state index is 13.7. The molecule has 4 nitrogen and oxygen atoms in total. The van der Waals surface area contributed by atoms with E-state index in [4.69, 9.17) is 5.73 Å². The number of anilines is 2. The van der Waals surface area contributed by atoms with Crippen molar-refractivity contribution < 1.29 is 8.42 Å². The van der Waals surface area contributed by atoms with Gasteiger partial charge in [0.25, 0.3) is 0 Å². The van der Waals surface area contributed by atoms with Gasteiger partial charge in [-0.2, -0.15) is 0 Å². The molecule has 0 saturated carbocycles. The number of benzene rings is 3. The quantitative estimate of drug-likeness (QED) is 0.394. The highest BCUT2D eigenvalue weighted by atomic mass is 79.9. The Morgan fingerprint density at radius 1 is 0.966 bits per heavy atom. The van der Waals surface area contributed by atoms with E-state index in [1.807, 2.05) is 62.4 Å². The van der Waals surface area contributed by atoms with Crippen LogP contribution in [0.15, 0.2) is 79.4 Å². The molecule has 0 radical (unpaired) electrons. The van der Waals surface area contributed by atoms with Gasteiger partial charge in [0.05, 0.1) is 15.5 Å². The molecule has 0 fully saturated rings. The highest BCUT2D eigenvalue weighted by Crippen LogP contribution is 2.39. The Morgan fingerprint density at radius 3 is 2.31 bits per heavy atom. The van der Waals surface area contributed by atoms with E-state index in [0.717, 1.165) is 5.56 Å². The van der Waals surface area contributed by atoms with E-state index in [2.05, 4.69) is 36.8 Å². The minimum Gasteiger partial charge on any atom is -0.398 e. The third-order valence-electron chi connectivity index (χ3n) is 4.74. The summed E-state index contributed by atoms with van der Waals surface area (Å²) in [6.45, 7) is 5.15. The third kappa shape index (κ3) is 4.52. The van der Waals surface area contributed by atoms with Crippen LogP contribution in [0.3, 0.4) is 0 Å². The monoisotopic (exact) mass is 536 g/mol. The van der Waals surface area contributed by atoms with Crippen molar-refractivity contribution in [2.24, 2.45) is 0 Å². The second kappa shape index (κ2) is 8.90. The fraction of sp³-hybridized carbons (Fsp3) is 0.182. The molecule has 29 heavy (non-hydrogen) atoms. The number of nitrogen functional groups attached to an aromatic ring is 1. The third-order valence-corrected chi connectivity index (χ3v) is 8.33. The topological polar surface area (TPSA) is 63.4 Å². The Kier molecular flexibility index (Phi) is 6.71. The predicted molar refractivity (Wildman–Crippen MR) is 126 cm³/mol. The Labute approximate surface area is 188 Å². The number of nitrogens with zero attached hydrogens (tertiary/aromatic N) is 1. The van der Waals surface area contributed by atoms with Crippen molar-refractivity contribution >= 4 is 53.1 Å². The molecule has 7 heteroatoms. The van der Waals surface area contributed by atoms with E-state index in [1.54, 1.807) is 12.1 Å². The fourth-order valence-corrected chi connectivity index (χ4v) is 6.53. The lowest BCUT2D eigenvalue weighted by Crippen LogP contribution is -2.24. The lowest BCUT2D eigenvalue weighted by atomic mass is 10.1. The van der Waals surface area contributed by atoms with Crippen molar-refractivity contribution in [2.45, 2.75) is 30.2 Å². The van der Waals surface area contributed by atoms with Gasteiger partial charge in [0.2, 0.25) is 9.84 Å². The lowest BCUT2D eigenvalue weighted by Gasteiger charge is -2.27. The first-order chi connectivity index (χ1) is 13.8. The van der Waals surface area contributed by atoms with Gasteiger partial charge in [0, 0.05) is 27.7 Å². The summed E-state index contributed by atoms with van der Waals surface area (Å²) in [6, 6.07) is 18.8. The molecule has 0 unspecified atom stereocenters. The zero-order valence-corrected chi connectivity index (χ0v) is 20.2. The molecule has 152 valence electrons. The number of hydrogen-bond acceptors (Lipinski definition) is 4. The number of rotatable bonds is 6. The summed E-state index contributed by atoms with van der Waals surface area (Å²) in [6.07, 6.45) is 0. The van der Waals surface area contributed by atoms with Crippen LogP contribution in [0.1, 0.15) is 18.1 Å². The molecular weight excluding hydrogens is 516 g/mol. The molecule has 3 rings (SSSR count). The van der Waals surface area contributed by atoms with Crippen molar-refractivity contribution in [1.82, 2.24) is 0 Å². The van der Waals surface area contributed by atoms with Crippen LogP contribution in [0.5, 0.6) is 0 Å². The van der Waals surface area contributed by atoms with Crippen molar-refractivity contribution in [2.75, 3.05) is 17.2 Å². The fourth-order valence-electron chi connectivity index (χ4n) is 3.27. The second-order valence-corrected chi connectivity index (χ2v) is 10.3. The molecule has 0 saturated heterocycles. The average Bonchev–Trinajstić information content (AvgIpc) is 2.69. The molecule has 0 aliphatic carbocycles. The van der Waals surface area contributed by atoms with Crippen LogP contribution in [0.4, 0.5) is 11.4 Å². The van der Waals surface area contributed by atoms with E-state index >= 15 is 0 Å². The van der Waals surface area contributed by atoms with Crippen LogP contribution in [-0.4, -0.2) is 15.0 Å². The summed E-state index contributed by atoms with van der Waals surface area (Å²) in [5, 5.41) is 0. The van der Waals surface area contributed by atoms with Gasteiger partial charge in [-0.3, -0.25) is 0 Å². The molecule has 0 amide bonds. The van der Waals surface area contributed by atoms with Gasteiger partial charge in [-0.05, 0) is 75.0 Å². The van der Waals surface area contributed by atoms with Gasteiger partial charge in [0.1, 0.15) is 0 Å². The van der Waals surface area contributed by atoms with Gasteiger partial charge >= 0.3 is 0 Å². The summed E-state index contributed by atoms with van der Waals surface area (Å²) in [4.78, 5) is 2.58. The van der Waals surface area contributed by atoms with Crippen LogP contribution in [0, 0.1) is 6.92 Å². The van der Waals surface area contributed by atoms with Gasteiger partial charge in [-0.1, -0.05) is 42.5 Å². The van der Waals surface area contributed by atoms with Crippen molar-refractivity contribution in [1.29, 1.82) is 0 Å². The highest BCUT2D eigenvalue weighted by molar-refractivity contribution is 9.11. The second-order valence-electron chi connectivity index (χ2n) is 6.73. The molecule has 0 aliphatic rings. The van der Waals surface area contributed by atoms with E-state index in [9.17, 15) is 8.42 Å². The lowest BCUT2D eigenvalue weighted by molar-refractivity contribution is 0.594. The number of aryl methyl sites for hydroxylation is 1. The summed E-state index contributed by atoms with van der Waals surface area (Å²) in [7, 11) is -3.79. The standard InChI is InChI=1S/C22H22Br2N2O2S/c1-3-26(14-16-9-5-4-6-10-16)20-11-7-8-15(2)22(20)29(27,28)21-13-17(23)19(25)12-18(21)24/h4-13H,3,14,25H2,1-2H3. The molecular formula is C22H22Br2N2O2S. The highest BCUT2D eigenvalue weighted by Gasteiger charge is 2.28.